The zero-order valence-corrected chi connectivity index (χ0v) is 21.1. The lowest BCUT2D eigenvalue weighted by atomic mass is 10.0. The predicted molar refractivity (Wildman–Crippen MR) is 133 cm³/mol. The van der Waals surface area contributed by atoms with Gasteiger partial charge in [-0.3, -0.25) is 4.18 Å². The number of fused-ring (bicyclic) bond motifs is 1. The van der Waals surface area contributed by atoms with E-state index in [1.165, 1.54) is 0 Å². The molecule has 2 aromatic heterocycles. The Hall–Kier alpha value is -2.56. The van der Waals surface area contributed by atoms with Crippen LogP contribution >= 0.6 is 0 Å². The monoisotopic (exact) mass is 486 g/mol. The molecule has 9 nitrogen and oxygen atoms in total. The van der Waals surface area contributed by atoms with Gasteiger partial charge in [-0.05, 0) is 51.1 Å². The Morgan fingerprint density at radius 3 is 2.76 bits per heavy atom. The minimum absolute atomic E-state index is 0.0121. The first-order chi connectivity index (χ1) is 16.3. The summed E-state index contributed by atoms with van der Waals surface area (Å²) in [6.07, 6.45) is 4.48. The molecule has 0 bridgehead atoms. The maximum atomic E-state index is 12.9. The third kappa shape index (κ3) is 5.92. The standard InChI is InChI=1S/C24H34N6O3S/c1-17(2)20-15-27-30-21(20)28-23(33-19-11-8-12-25-14-19)29-22(30)26-16-32-34(31)24(3,4)13-18-9-6-5-7-10-18/h5-7,9-10,15,17,19,25H,8,11-14,16H2,1-4H3,(H,26,28,29)/t19-,34?/m1/s1. The molecule has 4 rings (SSSR count). The number of aromatic nitrogens is 4. The Labute approximate surface area is 203 Å². The van der Waals surface area contributed by atoms with Crippen molar-refractivity contribution in [3.05, 3.63) is 47.7 Å². The van der Waals surface area contributed by atoms with Crippen LogP contribution in [0, 0.1) is 0 Å². The van der Waals surface area contributed by atoms with Crippen molar-refractivity contribution in [1.29, 1.82) is 0 Å². The fraction of sp³-hybridized carbons (Fsp3) is 0.542. The van der Waals surface area contributed by atoms with Crippen molar-refractivity contribution in [3.63, 3.8) is 0 Å². The molecule has 2 N–H and O–H groups in total. The first kappa shape index (κ1) is 24.6. The van der Waals surface area contributed by atoms with Gasteiger partial charge in [0.2, 0.25) is 5.95 Å². The van der Waals surface area contributed by atoms with Gasteiger partial charge in [-0.25, -0.2) is 4.21 Å². The molecule has 1 aliphatic heterocycles. The van der Waals surface area contributed by atoms with E-state index in [-0.39, 0.29) is 18.8 Å². The lowest BCUT2D eigenvalue weighted by Crippen LogP contribution is -2.37. The second-order valence-electron chi connectivity index (χ2n) is 9.50. The summed E-state index contributed by atoms with van der Waals surface area (Å²) in [5, 5.41) is 10.9. The predicted octanol–water partition coefficient (Wildman–Crippen LogP) is 3.45. The SMILES string of the molecule is CC(C)c1cnn2c(NCOS(=O)C(C)(C)Cc3ccccc3)nc(O[C@@H]3CCCNC3)nc12. The zero-order valence-electron chi connectivity index (χ0n) is 20.3. The number of nitrogens with zero attached hydrogens (tertiary/aromatic N) is 4. The number of ether oxygens (including phenoxy) is 1. The van der Waals surface area contributed by atoms with E-state index in [1.54, 1.807) is 10.7 Å². The number of nitrogens with one attached hydrogen (secondary N) is 2. The topological polar surface area (TPSA) is 103 Å². The van der Waals surface area contributed by atoms with E-state index in [1.807, 2.05) is 44.2 Å². The lowest BCUT2D eigenvalue weighted by Gasteiger charge is -2.24. The van der Waals surface area contributed by atoms with Crippen LogP contribution in [0.3, 0.4) is 0 Å². The number of anilines is 1. The molecule has 1 fully saturated rings. The van der Waals surface area contributed by atoms with Crippen molar-refractivity contribution in [1.82, 2.24) is 24.9 Å². The van der Waals surface area contributed by atoms with E-state index in [0.29, 0.717) is 24.0 Å². The number of hydrogen-bond acceptors (Lipinski definition) is 8. The summed E-state index contributed by atoms with van der Waals surface area (Å²) in [5.74, 6) is 0.681. The highest BCUT2D eigenvalue weighted by Crippen LogP contribution is 2.24. The Balaban J connectivity index is 1.47. The second kappa shape index (κ2) is 10.8. The van der Waals surface area contributed by atoms with Gasteiger partial charge >= 0.3 is 6.01 Å². The number of piperidine rings is 1. The summed E-state index contributed by atoms with van der Waals surface area (Å²) in [5.41, 5.74) is 2.81. The van der Waals surface area contributed by atoms with Crippen LogP contribution in [-0.2, 0) is 21.7 Å². The normalized spacial score (nSPS) is 17.7. The molecule has 10 heteroatoms. The van der Waals surface area contributed by atoms with Crippen LogP contribution in [0.25, 0.3) is 5.65 Å². The van der Waals surface area contributed by atoms with Gasteiger partial charge in [0, 0.05) is 12.1 Å². The zero-order chi connectivity index (χ0) is 24.1. The fourth-order valence-electron chi connectivity index (χ4n) is 3.97. The van der Waals surface area contributed by atoms with Crippen molar-refractivity contribution in [2.75, 3.05) is 25.1 Å². The first-order valence-electron chi connectivity index (χ1n) is 11.8. The van der Waals surface area contributed by atoms with E-state index in [4.69, 9.17) is 8.92 Å². The van der Waals surface area contributed by atoms with Gasteiger partial charge in [-0.1, -0.05) is 44.2 Å². The molecule has 3 aromatic rings. The summed E-state index contributed by atoms with van der Waals surface area (Å²) in [6.45, 7) is 9.85. The molecule has 34 heavy (non-hydrogen) atoms. The van der Waals surface area contributed by atoms with Gasteiger partial charge in [0.1, 0.15) is 12.8 Å². The molecule has 1 aliphatic rings. The van der Waals surface area contributed by atoms with Gasteiger partial charge in [-0.2, -0.15) is 19.6 Å². The maximum Gasteiger partial charge on any atom is 0.322 e. The Morgan fingerprint density at radius 2 is 2.06 bits per heavy atom. The van der Waals surface area contributed by atoms with Crippen LogP contribution in [0.5, 0.6) is 6.01 Å². The van der Waals surface area contributed by atoms with Gasteiger partial charge < -0.3 is 15.4 Å². The summed E-state index contributed by atoms with van der Waals surface area (Å²) in [4.78, 5) is 9.18. The van der Waals surface area contributed by atoms with Gasteiger partial charge in [0.05, 0.1) is 10.9 Å². The fourth-order valence-corrected chi connectivity index (χ4v) is 4.74. The van der Waals surface area contributed by atoms with E-state index in [0.717, 1.165) is 37.1 Å². The third-order valence-electron chi connectivity index (χ3n) is 5.84. The van der Waals surface area contributed by atoms with Crippen LogP contribution < -0.4 is 15.4 Å². The molecule has 0 amide bonds. The first-order valence-corrected chi connectivity index (χ1v) is 12.9. The minimum atomic E-state index is -1.53. The van der Waals surface area contributed by atoms with E-state index >= 15 is 0 Å². The van der Waals surface area contributed by atoms with Gasteiger partial charge in [0.15, 0.2) is 16.7 Å². The largest absolute Gasteiger partial charge is 0.459 e. The molecule has 1 saturated heterocycles. The highest BCUT2D eigenvalue weighted by Gasteiger charge is 2.28. The summed E-state index contributed by atoms with van der Waals surface area (Å²) >= 11 is -1.53. The van der Waals surface area contributed by atoms with Crippen LogP contribution in [-0.4, -0.2) is 54.5 Å². The van der Waals surface area contributed by atoms with Gasteiger partial charge in [-0.15, -0.1) is 0 Å². The lowest BCUT2D eigenvalue weighted by molar-refractivity contribution is 0.153. The third-order valence-corrected chi connectivity index (χ3v) is 7.22. The second-order valence-corrected chi connectivity index (χ2v) is 11.3. The number of rotatable bonds is 10. The number of benzene rings is 1. The quantitative estimate of drug-likeness (QED) is 0.420. The molecule has 2 atom stereocenters. The highest BCUT2D eigenvalue weighted by molar-refractivity contribution is 7.81. The average Bonchev–Trinajstić information content (AvgIpc) is 3.24. The van der Waals surface area contributed by atoms with E-state index in [2.05, 4.69) is 39.5 Å². The van der Waals surface area contributed by atoms with Crippen LogP contribution in [0.1, 0.15) is 57.6 Å². The molecule has 0 spiro atoms. The summed E-state index contributed by atoms with van der Waals surface area (Å²) in [6, 6.07) is 10.3. The summed E-state index contributed by atoms with van der Waals surface area (Å²) < 4.78 is 25.8. The Kier molecular flexibility index (Phi) is 7.80. The van der Waals surface area contributed by atoms with Crippen molar-refractivity contribution < 1.29 is 13.1 Å². The maximum absolute atomic E-state index is 12.9. The van der Waals surface area contributed by atoms with E-state index < -0.39 is 15.8 Å². The van der Waals surface area contributed by atoms with Crippen LogP contribution in [0.4, 0.5) is 5.95 Å². The van der Waals surface area contributed by atoms with E-state index in [9.17, 15) is 4.21 Å². The number of hydrogen-bond donors (Lipinski definition) is 2. The molecule has 1 aromatic carbocycles. The summed E-state index contributed by atoms with van der Waals surface area (Å²) in [7, 11) is 0. The smallest absolute Gasteiger partial charge is 0.322 e. The van der Waals surface area contributed by atoms with Crippen molar-refractivity contribution in [2.45, 2.75) is 63.7 Å². The average molecular weight is 487 g/mol. The van der Waals surface area contributed by atoms with Gasteiger partial charge in [0.25, 0.3) is 0 Å². The molecule has 0 radical (unpaired) electrons. The molecule has 0 aliphatic carbocycles. The molecule has 3 heterocycles. The molecule has 1 unspecified atom stereocenters. The van der Waals surface area contributed by atoms with Crippen LogP contribution in [0.2, 0.25) is 0 Å². The molecule has 0 saturated carbocycles. The van der Waals surface area contributed by atoms with Crippen LogP contribution in [0.15, 0.2) is 36.5 Å². The van der Waals surface area contributed by atoms with Crippen molar-refractivity contribution in [2.24, 2.45) is 0 Å². The molecule has 184 valence electrons. The molecular formula is C24H34N6O3S. The molecular weight excluding hydrogens is 452 g/mol. The Bertz CT molecular complexity index is 1110. The minimum Gasteiger partial charge on any atom is -0.459 e. The van der Waals surface area contributed by atoms with Crippen molar-refractivity contribution in [3.8, 4) is 6.01 Å². The highest BCUT2D eigenvalue weighted by atomic mass is 32.2. The van der Waals surface area contributed by atoms with Crippen molar-refractivity contribution >= 4 is 22.7 Å². The Morgan fingerprint density at radius 1 is 1.26 bits per heavy atom.